The normalized spacial score (nSPS) is 13.4. The molecule has 0 amide bonds. The molecule has 4 rings (SSSR count). The topological polar surface area (TPSA) is 56.0 Å². The van der Waals surface area contributed by atoms with Crippen molar-refractivity contribution in [2.24, 2.45) is 0 Å². The SMILES string of the molecule is Cc1nc(SCc2cc(=O)oc3cc4c(cc23)CCC4)nc(C)c1C. The summed E-state index contributed by atoms with van der Waals surface area (Å²) in [7, 11) is 0. The summed E-state index contributed by atoms with van der Waals surface area (Å²) < 4.78 is 5.44. The lowest BCUT2D eigenvalue weighted by Gasteiger charge is -2.09. The number of thioether (sulfide) groups is 1. The molecule has 1 aliphatic rings. The lowest BCUT2D eigenvalue weighted by atomic mass is 10.0. The van der Waals surface area contributed by atoms with Crippen LogP contribution in [0.25, 0.3) is 11.0 Å². The molecule has 25 heavy (non-hydrogen) atoms. The van der Waals surface area contributed by atoms with E-state index in [-0.39, 0.29) is 5.63 Å². The van der Waals surface area contributed by atoms with Gasteiger partial charge >= 0.3 is 5.63 Å². The maximum absolute atomic E-state index is 12.0. The molecule has 0 bridgehead atoms. The van der Waals surface area contributed by atoms with E-state index < -0.39 is 0 Å². The standard InChI is InChI=1S/C20H20N2O2S/c1-11-12(2)21-20(22-13(11)3)25-10-16-9-19(23)24-18-8-15-6-4-5-14(15)7-17(16)18/h7-9H,4-6,10H2,1-3H3. The van der Waals surface area contributed by atoms with Gasteiger partial charge in [-0.2, -0.15) is 0 Å². The first-order chi connectivity index (χ1) is 12.0. The zero-order valence-electron chi connectivity index (χ0n) is 14.7. The quantitative estimate of drug-likeness (QED) is 0.400. The zero-order valence-corrected chi connectivity index (χ0v) is 15.5. The highest BCUT2D eigenvalue weighted by Crippen LogP contribution is 2.31. The molecule has 2 aromatic heterocycles. The Balaban J connectivity index is 1.71. The summed E-state index contributed by atoms with van der Waals surface area (Å²) in [6.45, 7) is 6.05. The van der Waals surface area contributed by atoms with Crippen LogP contribution in [0.3, 0.4) is 0 Å². The average Bonchev–Trinajstić information content (AvgIpc) is 3.02. The Morgan fingerprint density at radius 1 is 1.04 bits per heavy atom. The van der Waals surface area contributed by atoms with E-state index in [2.05, 4.69) is 16.0 Å². The first-order valence-corrected chi connectivity index (χ1v) is 9.53. The molecule has 4 nitrogen and oxygen atoms in total. The maximum atomic E-state index is 12.0. The van der Waals surface area contributed by atoms with Gasteiger partial charge in [-0.25, -0.2) is 14.8 Å². The molecule has 0 unspecified atom stereocenters. The van der Waals surface area contributed by atoms with Crippen molar-refractivity contribution in [2.45, 2.75) is 50.9 Å². The summed E-state index contributed by atoms with van der Waals surface area (Å²) in [5, 5.41) is 1.79. The highest BCUT2D eigenvalue weighted by molar-refractivity contribution is 7.98. The van der Waals surface area contributed by atoms with E-state index in [1.807, 2.05) is 26.8 Å². The van der Waals surface area contributed by atoms with Crippen LogP contribution in [0.15, 0.2) is 32.6 Å². The van der Waals surface area contributed by atoms with Gasteiger partial charge in [-0.05, 0) is 74.4 Å². The van der Waals surface area contributed by atoms with Crippen molar-refractivity contribution in [2.75, 3.05) is 0 Å². The van der Waals surface area contributed by atoms with Gasteiger partial charge in [0.15, 0.2) is 5.16 Å². The fraction of sp³-hybridized carbons (Fsp3) is 0.350. The lowest BCUT2D eigenvalue weighted by molar-refractivity contribution is 0.559. The van der Waals surface area contributed by atoms with Gasteiger partial charge in [0.25, 0.3) is 0 Å². The number of hydrogen-bond donors (Lipinski definition) is 0. The van der Waals surface area contributed by atoms with Gasteiger partial charge in [-0.3, -0.25) is 0 Å². The van der Waals surface area contributed by atoms with Gasteiger partial charge in [-0.15, -0.1) is 0 Å². The van der Waals surface area contributed by atoms with Crippen molar-refractivity contribution in [1.29, 1.82) is 0 Å². The molecule has 5 heteroatoms. The van der Waals surface area contributed by atoms with Crippen LogP contribution in [0, 0.1) is 20.8 Å². The number of hydrogen-bond acceptors (Lipinski definition) is 5. The Labute approximate surface area is 150 Å². The van der Waals surface area contributed by atoms with E-state index >= 15 is 0 Å². The fourth-order valence-corrected chi connectivity index (χ4v) is 4.29. The summed E-state index contributed by atoms with van der Waals surface area (Å²) in [5.41, 5.74) is 7.23. The largest absolute Gasteiger partial charge is 0.423 e. The minimum Gasteiger partial charge on any atom is -0.423 e. The smallest absolute Gasteiger partial charge is 0.336 e. The molecule has 0 saturated heterocycles. The molecule has 0 saturated carbocycles. The first-order valence-electron chi connectivity index (χ1n) is 8.54. The second-order valence-electron chi connectivity index (χ2n) is 6.65. The van der Waals surface area contributed by atoms with Crippen LogP contribution in [-0.4, -0.2) is 9.97 Å². The predicted octanol–water partition coefficient (Wildman–Crippen LogP) is 4.29. The van der Waals surface area contributed by atoms with E-state index in [1.54, 1.807) is 17.8 Å². The number of aryl methyl sites for hydroxylation is 4. The van der Waals surface area contributed by atoms with Crippen LogP contribution in [0.4, 0.5) is 0 Å². The van der Waals surface area contributed by atoms with Crippen LogP contribution in [0.1, 0.15) is 40.1 Å². The van der Waals surface area contributed by atoms with Crippen molar-refractivity contribution in [3.05, 3.63) is 62.3 Å². The summed E-state index contributed by atoms with van der Waals surface area (Å²) >= 11 is 1.56. The summed E-state index contributed by atoms with van der Waals surface area (Å²) in [6, 6.07) is 5.84. The second-order valence-corrected chi connectivity index (χ2v) is 7.59. The van der Waals surface area contributed by atoms with Crippen LogP contribution in [0.5, 0.6) is 0 Å². The monoisotopic (exact) mass is 352 g/mol. The van der Waals surface area contributed by atoms with Gasteiger partial charge in [0.05, 0.1) is 0 Å². The molecule has 0 atom stereocenters. The molecule has 0 radical (unpaired) electrons. The third-order valence-electron chi connectivity index (χ3n) is 5.01. The van der Waals surface area contributed by atoms with Gasteiger partial charge in [-0.1, -0.05) is 11.8 Å². The molecule has 0 N–H and O–H groups in total. The minimum absolute atomic E-state index is 0.293. The summed E-state index contributed by atoms with van der Waals surface area (Å²) in [4.78, 5) is 21.1. The number of benzene rings is 1. The highest BCUT2D eigenvalue weighted by atomic mass is 32.2. The summed E-state index contributed by atoms with van der Waals surface area (Å²) in [6.07, 6.45) is 3.36. The van der Waals surface area contributed by atoms with E-state index in [4.69, 9.17) is 4.42 Å². The molecular weight excluding hydrogens is 332 g/mol. The predicted molar refractivity (Wildman–Crippen MR) is 100 cm³/mol. The Kier molecular flexibility index (Phi) is 4.12. The van der Waals surface area contributed by atoms with Crippen LogP contribution in [0.2, 0.25) is 0 Å². The van der Waals surface area contributed by atoms with Gasteiger partial charge < -0.3 is 4.42 Å². The van der Waals surface area contributed by atoms with Crippen LogP contribution < -0.4 is 5.63 Å². The van der Waals surface area contributed by atoms with Crippen molar-refractivity contribution < 1.29 is 4.42 Å². The summed E-state index contributed by atoms with van der Waals surface area (Å²) in [5.74, 6) is 0.656. The van der Waals surface area contributed by atoms with Gasteiger partial charge in [0.2, 0.25) is 0 Å². The number of aromatic nitrogens is 2. The fourth-order valence-electron chi connectivity index (χ4n) is 3.36. The zero-order chi connectivity index (χ0) is 17.6. The highest BCUT2D eigenvalue weighted by Gasteiger charge is 2.15. The van der Waals surface area contributed by atoms with E-state index in [1.165, 1.54) is 17.5 Å². The Bertz CT molecular complexity index is 1020. The Hall–Kier alpha value is -2.14. The van der Waals surface area contributed by atoms with E-state index in [0.29, 0.717) is 11.3 Å². The third kappa shape index (κ3) is 3.09. The van der Waals surface area contributed by atoms with Crippen molar-refractivity contribution in [3.8, 4) is 0 Å². The molecule has 0 aliphatic heterocycles. The first kappa shape index (κ1) is 16.3. The van der Waals surface area contributed by atoms with Gasteiger partial charge in [0.1, 0.15) is 5.58 Å². The Morgan fingerprint density at radius 3 is 2.44 bits per heavy atom. The van der Waals surface area contributed by atoms with E-state index in [9.17, 15) is 4.79 Å². The minimum atomic E-state index is -0.293. The maximum Gasteiger partial charge on any atom is 0.336 e. The molecule has 3 aromatic rings. The number of rotatable bonds is 3. The van der Waals surface area contributed by atoms with Crippen LogP contribution in [-0.2, 0) is 18.6 Å². The molecule has 0 spiro atoms. The number of nitrogens with zero attached hydrogens (tertiary/aromatic N) is 2. The molecular formula is C20H20N2O2S. The lowest BCUT2D eigenvalue weighted by Crippen LogP contribution is -2.02. The third-order valence-corrected chi connectivity index (χ3v) is 5.91. The van der Waals surface area contributed by atoms with Crippen molar-refractivity contribution in [1.82, 2.24) is 9.97 Å². The van der Waals surface area contributed by atoms with Crippen LogP contribution >= 0.6 is 11.8 Å². The molecule has 1 aliphatic carbocycles. The average molecular weight is 352 g/mol. The molecule has 1 aromatic carbocycles. The van der Waals surface area contributed by atoms with Gasteiger partial charge in [0, 0.05) is 28.6 Å². The Morgan fingerprint density at radius 2 is 1.72 bits per heavy atom. The molecule has 0 fully saturated rings. The number of fused-ring (bicyclic) bond motifs is 2. The van der Waals surface area contributed by atoms with E-state index in [0.717, 1.165) is 45.9 Å². The molecule has 2 heterocycles. The van der Waals surface area contributed by atoms with Crippen molar-refractivity contribution in [3.63, 3.8) is 0 Å². The second kappa shape index (κ2) is 6.30. The molecule has 128 valence electrons. The van der Waals surface area contributed by atoms with Crippen molar-refractivity contribution >= 4 is 22.7 Å².